The van der Waals surface area contributed by atoms with E-state index in [1.807, 2.05) is 12.1 Å². The lowest BCUT2D eigenvalue weighted by Gasteiger charge is -2.27. The van der Waals surface area contributed by atoms with Gasteiger partial charge in [0.2, 0.25) is 0 Å². The Kier molecular flexibility index (Phi) is 3.65. The lowest BCUT2D eigenvalue weighted by atomic mass is 9.87. The second-order valence-corrected chi connectivity index (χ2v) is 6.08. The third kappa shape index (κ3) is 2.83. The predicted molar refractivity (Wildman–Crippen MR) is 70.2 cm³/mol. The zero-order valence-corrected chi connectivity index (χ0v) is 11.5. The Hall–Kier alpha value is -0.410. The molecule has 1 aromatic rings. The SMILES string of the molecule is CC1(C)CCCC1NCc1cccc(Br)n1. The Morgan fingerprint density at radius 1 is 1.50 bits per heavy atom. The number of nitrogens with zero attached hydrogens (tertiary/aromatic N) is 1. The number of hydrogen-bond acceptors (Lipinski definition) is 2. The smallest absolute Gasteiger partial charge is 0.106 e. The molecule has 1 unspecified atom stereocenters. The van der Waals surface area contributed by atoms with Crippen LogP contribution in [0.1, 0.15) is 38.8 Å². The standard InChI is InChI=1S/C13H19BrN2/c1-13(2)8-4-6-11(13)15-9-10-5-3-7-12(14)16-10/h3,5,7,11,15H,4,6,8-9H2,1-2H3. The van der Waals surface area contributed by atoms with Crippen molar-refractivity contribution >= 4 is 15.9 Å². The first-order valence-electron chi connectivity index (χ1n) is 5.93. The van der Waals surface area contributed by atoms with Gasteiger partial charge in [0.15, 0.2) is 0 Å². The third-order valence-electron chi connectivity index (χ3n) is 3.56. The van der Waals surface area contributed by atoms with E-state index in [0.29, 0.717) is 11.5 Å². The van der Waals surface area contributed by atoms with Gasteiger partial charge in [0.1, 0.15) is 4.60 Å². The van der Waals surface area contributed by atoms with E-state index in [1.165, 1.54) is 19.3 Å². The van der Waals surface area contributed by atoms with Gasteiger partial charge in [-0.15, -0.1) is 0 Å². The summed E-state index contributed by atoms with van der Waals surface area (Å²) in [5.74, 6) is 0. The quantitative estimate of drug-likeness (QED) is 0.859. The van der Waals surface area contributed by atoms with Crippen molar-refractivity contribution in [1.82, 2.24) is 10.3 Å². The number of nitrogens with one attached hydrogen (secondary N) is 1. The van der Waals surface area contributed by atoms with Crippen molar-refractivity contribution < 1.29 is 0 Å². The van der Waals surface area contributed by atoms with Gasteiger partial charge in [0.05, 0.1) is 5.69 Å². The first kappa shape index (κ1) is 12.1. The first-order valence-corrected chi connectivity index (χ1v) is 6.72. The van der Waals surface area contributed by atoms with Gasteiger partial charge in [0, 0.05) is 12.6 Å². The molecule has 0 bridgehead atoms. The van der Waals surface area contributed by atoms with Gasteiger partial charge in [0.25, 0.3) is 0 Å². The zero-order chi connectivity index (χ0) is 11.6. The molecular formula is C13H19BrN2. The summed E-state index contributed by atoms with van der Waals surface area (Å²) in [4.78, 5) is 4.44. The number of rotatable bonds is 3. The van der Waals surface area contributed by atoms with Crippen molar-refractivity contribution in [3.63, 3.8) is 0 Å². The summed E-state index contributed by atoms with van der Waals surface area (Å²) in [5.41, 5.74) is 1.54. The van der Waals surface area contributed by atoms with Crippen molar-refractivity contribution in [1.29, 1.82) is 0 Å². The third-order valence-corrected chi connectivity index (χ3v) is 4.00. The molecule has 1 aliphatic carbocycles. The Labute approximate surface area is 106 Å². The highest BCUT2D eigenvalue weighted by Gasteiger charge is 2.33. The van der Waals surface area contributed by atoms with Crippen LogP contribution in [0.25, 0.3) is 0 Å². The maximum absolute atomic E-state index is 4.44. The molecule has 0 aromatic carbocycles. The van der Waals surface area contributed by atoms with Crippen LogP contribution in [0.4, 0.5) is 0 Å². The summed E-state index contributed by atoms with van der Waals surface area (Å²) in [6, 6.07) is 6.70. The van der Waals surface area contributed by atoms with Gasteiger partial charge in [-0.05, 0) is 46.3 Å². The van der Waals surface area contributed by atoms with Gasteiger partial charge in [-0.25, -0.2) is 4.98 Å². The molecule has 1 N–H and O–H groups in total. The molecule has 1 aromatic heterocycles. The maximum atomic E-state index is 4.44. The van der Waals surface area contributed by atoms with Crippen molar-refractivity contribution in [2.75, 3.05) is 0 Å². The summed E-state index contributed by atoms with van der Waals surface area (Å²) < 4.78 is 0.914. The highest BCUT2D eigenvalue weighted by atomic mass is 79.9. The van der Waals surface area contributed by atoms with Crippen LogP contribution in [0.2, 0.25) is 0 Å². The van der Waals surface area contributed by atoms with Crippen molar-refractivity contribution in [2.45, 2.75) is 45.7 Å². The molecule has 0 spiro atoms. The molecule has 2 rings (SSSR count). The van der Waals surface area contributed by atoms with E-state index >= 15 is 0 Å². The van der Waals surface area contributed by atoms with Crippen LogP contribution in [0, 0.1) is 5.41 Å². The second kappa shape index (κ2) is 4.84. The Morgan fingerprint density at radius 3 is 2.94 bits per heavy atom. The fraction of sp³-hybridized carbons (Fsp3) is 0.615. The minimum Gasteiger partial charge on any atom is -0.308 e. The van der Waals surface area contributed by atoms with Gasteiger partial charge < -0.3 is 5.32 Å². The highest BCUT2D eigenvalue weighted by molar-refractivity contribution is 9.10. The number of halogens is 1. The van der Waals surface area contributed by atoms with Crippen LogP contribution in [0.15, 0.2) is 22.8 Å². The molecule has 0 radical (unpaired) electrons. The van der Waals surface area contributed by atoms with Gasteiger partial charge in [-0.3, -0.25) is 0 Å². The molecule has 0 saturated heterocycles. The fourth-order valence-electron chi connectivity index (χ4n) is 2.48. The number of pyridine rings is 1. The van der Waals surface area contributed by atoms with E-state index in [-0.39, 0.29) is 0 Å². The Balaban J connectivity index is 1.92. The lowest BCUT2D eigenvalue weighted by molar-refractivity contribution is 0.282. The molecule has 1 heterocycles. The topological polar surface area (TPSA) is 24.9 Å². The number of aromatic nitrogens is 1. The molecule has 0 aliphatic heterocycles. The molecule has 0 amide bonds. The van der Waals surface area contributed by atoms with E-state index in [9.17, 15) is 0 Å². The molecule has 1 aliphatic rings. The summed E-state index contributed by atoms with van der Waals surface area (Å²) in [7, 11) is 0. The van der Waals surface area contributed by atoms with Crippen LogP contribution in [0.3, 0.4) is 0 Å². The second-order valence-electron chi connectivity index (χ2n) is 5.27. The van der Waals surface area contributed by atoms with E-state index in [4.69, 9.17) is 0 Å². The molecule has 88 valence electrons. The first-order chi connectivity index (χ1) is 7.58. The molecule has 16 heavy (non-hydrogen) atoms. The maximum Gasteiger partial charge on any atom is 0.106 e. The molecule has 1 fully saturated rings. The largest absolute Gasteiger partial charge is 0.308 e. The van der Waals surface area contributed by atoms with Crippen LogP contribution >= 0.6 is 15.9 Å². The minimum absolute atomic E-state index is 0.437. The molecule has 3 heteroatoms. The van der Waals surface area contributed by atoms with E-state index in [0.717, 1.165) is 16.8 Å². The van der Waals surface area contributed by atoms with Crippen molar-refractivity contribution in [2.24, 2.45) is 5.41 Å². The molecule has 2 nitrogen and oxygen atoms in total. The monoisotopic (exact) mass is 282 g/mol. The summed E-state index contributed by atoms with van der Waals surface area (Å²) in [6.07, 6.45) is 3.97. The Bertz CT molecular complexity index is 363. The summed E-state index contributed by atoms with van der Waals surface area (Å²) in [5, 5.41) is 3.63. The van der Waals surface area contributed by atoms with E-state index in [2.05, 4.69) is 46.1 Å². The summed E-state index contributed by atoms with van der Waals surface area (Å²) in [6.45, 7) is 5.57. The average molecular weight is 283 g/mol. The minimum atomic E-state index is 0.437. The molecule has 1 atom stereocenters. The molecular weight excluding hydrogens is 264 g/mol. The number of hydrogen-bond donors (Lipinski definition) is 1. The van der Waals surface area contributed by atoms with Crippen LogP contribution < -0.4 is 5.32 Å². The zero-order valence-electron chi connectivity index (χ0n) is 9.96. The van der Waals surface area contributed by atoms with Crippen LogP contribution in [-0.4, -0.2) is 11.0 Å². The van der Waals surface area contributed by atoms with Crippen LogP contribution in [0.5, 0.6) is 0 Å². The molecule has 1 saturated carbocycles. The lowest BCUT2D eigenvalue weighted by Crippen LogP contribution is -2.37. The highest BCUT2D eigenvalue weighted by Crippen LogP contribution is 2.37. The van der Waals surface area contributed by atoms with Gasteiger partial charge in [-0.1, -0.05) is 26.3 Å². The van der Waals surface area contributed by atoms with E-state index < -0.39 is 0 Å². The van der Waals surface area contributed by atoms with E-state index in [1.54, 1.807) is 0 Å². The normalized spacial score (nSPS) is 23.6. The van der Waals surface area contributed by atoms with Crippen LogP contribution in [-0.2, 0) is 6.54 Å². The van der Waals surface area contributed by atoms with Crippen molar-refractivity contribution in [3.8, 4) is 0 Å². The fourth-order valence-corrected chi connectivity index (χ4v) is 2.86. The Morgan fingerprint density at radius 2 is 2.31 bits per heavy atom. The van der Waals surface area contributed by atoms with Gasteiger partial charge in [-0.2, -0.15) is 0 Å². The van der Waals surface area contributed by atoms with Gasteiger partial charge >= 0.3 is 0 Å². The van der Waals surface area contributed by atoms with Crippen molar-refractivity contribution in [3.05, 3.63) is 28.5 Å². The predicted octanol–water partition coefficient (Wildman–Crippen LogP) is 3.51. The average Bonchev–Trinajstić information content (AvgIpc) is 2.55. The summed E-state index contributed by atoms with van der Waals surface area (Å²) >= 11 is 3.40.